The predicted molar refractivity (Wildman–Crippen MR) is 83.1 cm³/mol. The van der Waals surface area contributed by atoms with Crippen molar-refractivity contribution < 1.29 is 14.1 Å². The topological polar surface area (TPSA) is 92.2 Å². The standard InChI is InChI=1S/C14H17N3O3S/c1-9(21(2)20)7-8-15-12-10-5-3-4-6-11(10)16-17-13(12)14(18)19/h3-6,9H,7-8H2,1-2H3,(H,15,16)(H,18,19). The van der Waals surface area contributed by atoms with E-state index in [2.05, 4.69) is 15.5 Å². The number of carboxylic acid groups (broad SMARTS) is 1. The molecule has 2 rings (SSSR count). The number of hydrogen-bond donors (Lipinski definition) is 2. The summed E-state index contributed by atoms with van der Waals surface area (Å²) in [7, 11) is -0.894. The highest BCUT2D eigenvalue weighted by Crippen LogP contribution is 2.24. The van der Waals surface area contributed by atoms with Crippen molar-refractivity contribution in [2.75, 3.05) is 18.1 Å². The molecule has 1 aromatic heterocycles. The monoisotopic (exact) mass is 307 g/mol. The summed E-state index contributed by atoms with van der Waals surface area (Å²) in [6.45, 7) is 2.43. The molecule has 2 N–H and O–H groups in total. The van der Waals surface area contributed by atoms with Crippen molar-refractivity contribution in [3.8, 4) is 0 Å². The minimum Gasteiger partial charge on any atom is -0.476 e. The SMILES string of the molecule is CC(CCNc1c(C(=O)O)nnc2ccccc12)S(C)=O. The molecule has 0 aliphatic heterocycles. The van der Waals surface area contributed by atoms with E-state index in [1.54, 1.807) is 18.4 Å². The summed E-state index contributed by atoms with van der Waals surface area (Å²) in [6, 6.07) is 7.23. The van der Waals surface area contributed by atoms with Crippen molar-refractivity contribution in [1.82, 2.24) is 10.2 Å². The van der Waals surface area contributed by atoms with Gasteiger partial charge in [0.25, 0.3) is 0 Å². The molecule has 6 nitrogen and oxygen atoms in total. The number of nitrogens with zero attached hydrogens (tertiary/aromatic N) is 2. The third kappa shape index (κ3) is 3.55. The molecule has 0 saturated heterocycles. The second-order valence-electron chi connectivity index (χ2n) is 4.77. The number of rotatable bonds is 6. The Morgan fingerprint density at radius 1 is 1.38 bits per heavy atom. The average Bonchev–Trinajstić information content (AvgIpc) is 2.46. The first-order valence-corrected chi connectivity index (χ1v) is 8.17. The van der Waals surface area contributed by atoms with Crippen molar-refractivity contribution in [2.45, 2.75) is 18.6 Å². The van der Waals surface area contributed by atoms with Crippen LogP contribution in [0, 0.1) is 0 Å². The number of hydrogen-bond acceptors (Lipinski definition) is 5. The zero-order chi connectivity index (χ0) is 15.4. The quantitative estimate of drug-likeness (QED) is 0.847. The molecule has 2 aromatic rings. The summed E-state index contributed by atoms with van der Waals surface area (Å²) >= 11 is 0. The molecule has 7 heteroatoms. The summed E-state index contributed by atoms with van der Waals surface area (Å²) < 4.78 is 11.3. The second kappa shape index (κ2) is 6.62. The zero-order valence-electron chi connectivity index (χ0n) is 11.9. The first kappa shape index (κ1) is 15.4. The molecule has 21 heavy (non-hydrogen) atoms. The van der Waals surface area contributed by atoms with Gasteiger partial charge in [-0.3, -0.25) is 4.21 Å². The molecule has 1 heterocycles. The van der Waals surface area contributed by atoms with E-state index in [0.717, 1.165) is 5.39 Å². The Kier molecular flexibility index (Phi) is 4.85. The Bertz CT molecular complexity index is 690. The Balaban J connectivity index is 2.29. The van der Waals surface area contributed by atoms with Gasteiger partial charge in [-0.25, -0.2) is 4.79 Å². The van der Waals surface area contributed by atoms with Crippen LogP contribution in [0.25, 0.3) is 10.9 Å². The van der Waals surface area contributed by atoms with Gasteiger partial charge >= 0.3 is 5.97 Å². The molecule has 0 aliphatic carbocycles. The van der Waals surface area contributed by atoms with Gasteiger partial charge in [0.1, 0.15) is 0 Å². The van der Waals surface area contributed by atoms with Crippen LogP contribution in [0.15, 0.2) is 24.3 Å². The molecule has 0 spiro atoms. The van der Waals surface area contributed by atoms with Crippen LogP contribution in [-0.4, -0.2) is 43.5 Å². The summed E-state index contributed by atoms with van der Waals surface area (Å²) in [5.41, 5.74) is 0.998. The smallest absolute Gasteiger partial charge is 0.358 e. The minimum atomic E-state index is -1.12. The van der Waals surface area contributed by atoms with E-state index >= 15 is 0 Å². The van der Waals surface area contributed by atoms with Gasteiger partial charge in [0.05, 0.1) is 11.2 Å². The van der Waals surface area contributed by atoms with Gasteiger partial charge in [-0.05, 0) is 12.5 Å². The number of aromatic nitrogens is 2. The van der Waals surface area contributed by atoms with Gasteiger partial charge < -0.3 is 10.4 Å². The fourth-order valence-electron chi connectivity index (χ4n) is 1.95. The molecule has 0 aliphatic rings. The number of carboxylic acids is 1. The molecule has 0 amide bonds. The summed E-state index contributed by atoms with van der Waals surface area (Å²) in [5, 5.41) is 20.8. The average molecular weight is 307 g/mol. The fourth-order valence-corrected chi connectivity index (χ4v) is 2.40. The van der Waals surface area contributed by atoms with Crippen LogP contribution in [0.5, 0.6) is 0 Å². The third-order valence-electron chi connectivity index (χ3n) is 3.29. The normalized spacial score (nSPS) is 13.8. The molecular formula is C14H17N3O3S. The molecule has 112 valence electrons. The van der Waals surface area contributed by atoms with Gasteiger partial charge in [0.2, 0.25) is 0 Å². The number of carbonyl (C=O) groups is 1. The highest BCUT2D eigenvalue weighted by molar-refractivity contribution is 7.84. The highest BCUT2D eigenvalue weighted by Gasteiger charge is 2.16. The Hall–Kier alpha value is -2.02. The molecular weight excluding hydrogens is 290 g/mol. The molecule has 2 unspecified atom stereocenters. The van der Waals surface area contributed by atoms with Crippen LogP contribution in [0.3, 0.4) is 0 Å². The Labute approximate surface area is 125 Å². The molecule has 1 aromatic carbocycles. The van der Waals surface area contributed by atoms with Crippen LogP contribution < -0.4 is 5.32 Å². The summed E-state index contributed by atoms with van der Waals surface area (Å²) in [4.78, 5) is 11.3. The van der Waals surface area contributed by atoms with E-state index in [4.69, 9.17) is 0 Å². The lowest BCUT2D eigenvalue weighted by Gasteiger charge is -2.13. The molecule has 0 bridgehead atoms. The van der Waals surface area contributed by atoms with Gasteiger partial charge in [-0.2, -0.15) is 0 Å². The third-order valence-corrected chi connectivity index (χ3v) is 4.66. The summed E-state index contributed by atoms with van der Waals surface area (Å²) in [6.07, 6.45) is 2.34. The first-order valence-electron chi connectivity index (χ1n) is 6.55. The van der Waals surface area contributed by atoms with Crippen LogP contribution in [0.1, 0.15) is 23.8 Å². The fraction of sp³-hybridized carbons (Fsp3) is 0.357. The van der Waals surface area contributed by atoms with Crippen molar-refractivity contribution >= 4 is 33.4 Å². The summed E-state index contributed by atoms with van der Waals surface area (Å²) in [5.74, 6) is -1.12. The Morgan fingerprint density at radius 3 is 2.76 bits per heavy atom. The van der Waals surface area contributed by atoms with E-state index in [1.807, 2.05) is 19.1 Å². The van der Waals surface area contributed by atoms with Crippen molar-refractivity contribution in [3.63, 3.8) is 0 Å². The molecule has 0 fully saturated rings. The zero-order valence-corrected chi connectivity index (χ0v) is 12.7. The maximum absolute atomic E-state index is 11.3. The van der Waals surface area contributed by atoms with Gasteiger partial charge in [-0.1, -0.05) is 25.1 Å². The number of nitrogens with one attached hydrogen (secondary N) is 1. The van der Waals surface area contributed by atoms with E-state index in [1.165, 1.54) is 0 Å². The lowest BCUT2D eigenvalue weighted by Crippen LogP contribution is -2.17. The van der Waals surface area contributed by atoms with Gasteiger partial charge in [-0.15, -0.1) is 10.2 Å². The van der Waals surface area contributed by atoms with Crippen molar-refractivity contribution in [1.29, 1.82) is 0 Å². The van der Waals surface area contributed by atoms with Crippen molar-refractivity contribution in [2.24, 2.45) is 0 Å². The lowest BCUT2D eigenvalue weighted by molar-refractivity contribution is 0.0690. The Morgan fingerprint density at radius 2 is 2.10 bits per heavy atom. The molecule has 0 saturated carbocycles. The van der Waals surface area contributed by atoms with Crippen LogP contribution >= 0.6 is 0 Å². The number of anilines is 1. The van der Waals surface area contributed by atoms with Crippen LogP contribution in [-0.2, 0) is 10.8 Å². The second-order valence-corrected chi connectivity index (χ2v) is 6.57. The van der Waals surface area contributed by atoms with E-state index in [9.17, 15) is 14.1 Å². The van der Waals surface area contributed by atoms with Crippen molar-refractivity contribution in [3.05, 3.63) is 30.0 Å². The largest absolute Gasteiger partial charge is 0.476 e. The highest BCUT2D eigenvalue weighted by atomic mass is 32.2. The number of fused-ring (bicyclic) bond motifs is 1. The first-order chi connectivity index (χ1) is 10.0. The van der Waals surface area contributed by atoms with E-state index < -0.39 is 16.8 Å². The minimum absolute atomic E-state index is 0.0480. The maximum Gasteiger partial charge on any atom is 0.358 e. The van der Waals surface area contributed by atoms with Gasteiger partial charge in [0.15, 0.2) is 5.69 Å². The van der Waals surface area contributed by atoms with Gasteiger partial charge in [0, 0.05) is 34.2 Å². The number of benzene rings is 1. The van der Waals surface area contributed by atoms with E-state index in [-0.39, 0.29) is 10.9 Å². The molecule has 2 atom stereocenters. The van der Waals surface area contributed by atoms with Crippen LogP contribution in [0.2, 0.25) is 0 Å². The molecule has 0 radical (unpaired) electrons. The number of aromatic carboxylic acids is 1. The van der Waals surface area contributed by atoms with E-state index in [0.29, 0.717) is 24.2 Å². The lowest BCUT2D eigenvalue weighted by atomic mass is 10.1. The predicted octanol–water partition coefficient (Wildman–Crippen LogP) is 1.90. The van der Waals surface area contributed by atoms with Crippen LogP contribution in [0.4, 0.5) is 5.69 Å². The maximum atomic E-state index is 11.3.